The van der Waals surface area contributed by atoms with Crippen molar-refractivity contribution in [2.75, 3.05) is 45.7 Å². The topological polar surface area (TPSA) is 84.9 Å². The van der Waals surface area contributed by atoms with Gasteiger partial charge in [0.1, 0.15) is 16.6 Å². The average Bonchev–Trinajstić information content (AvgIpc) is 3.92. The number of nitrogens with one attached hydrogen (secondary N) is 1. The average molecular weight is 723 g/mol. The molecule has 11 heteroatoms. The lowest BCUT2D eigenvalue weighted by molar-refractivity contribution is 0.107. The Balaban J connectivity index is 1.02. The number of halogens is 1. The number of rotatable bonds is 11. The summed E-state index contributed by atoms with van der Waals surface area (Å²) in [5.74, 6) is 1.69. The van der Waals surface area contributed by atoms with Crippen LogP contribution in [0.5, 0.6) is 11.8 Å². The van der Waals surface area contributed by atoms with Crippen LogP contribution in [0.2, 0.25) is 5.02 Å². The van der Waals surface area contributed by atoms with Gasteiger partial charge in [-0.15, -0.1) is 9.24 Å². The zero-order valence-electron chi connectivity index (χ0n) is 29.2. The smallest absolute Gasteiger partial charge is 0.236 e. The van der Waals surface area contributed by atoms with Crippen molar-refractivity contribution in [3.63, 3.8) is 0 Å². The fourth-order valence-corrected chi connectivity index (χ4v) is 8.52. The molecule has 1 N–H and O–H groups in total. The van der Waals surface area contributed by atoms with E-state index < -0.39 is 0 Å². The molecule has 2 saturated heterocycles. The highest BCUT2D eigenvalue weighted by atomic mass is 35.5. The minimum absolute atomic E-state index is 0.169. The summed E-state index contributed by atoms with van der Waals surface area (Å²) in [4.78, 5) is 19.2. The minimum atomic E-state index is -0.169. The zero-order chi connectivity index (χ0) is 34.9. The molecule has 2 aliphatic heterocycles. The van der Waals surface area contributed by atoms with Gasteiger partial charge >= 0.3 is 0 Å². The first-order valence-electron chi connectivity index (χ1n) is 17.9. The molecule has 3 aliphatic rings. The van der Waals surface area contributed by atoms with E-state index in [0.29, 0.717) is 23.3 Å². The number of pyridine rings is 3. The van der Waals surface area contributed by atoms with Crippen molar-refractivity contribution >= 4 is 48.6 Å². The maximum atomic E-state index is 6.81. The second kappa shape index (κ2) is 15.0. The van der Waals surface area contributed by atoms with E-state index in [4.69, 9.17) is 40.8 Å². The molecule has 0 bridgehead atoms. The second-order valence-corrected chi connectivity index (χ2v) is 14.8. The van der Waals surface area contributed by atoms with Crippen molar-refractivity contribution < 1.29 is 14.2 Å². The third kappa shape index (κ3) is 7.15. The number of likely N-dealkylation sites (tertiary alicyclic amines) is 2. The summed E-state index contributed by atoms with van der Waals surface area (Å²) in [6.07, 6.45) is 9.23. The van der Waals surface area contributed by atoms with Gasteiger partial charge in [0, 0.05) is 67.6 Å². The van der Waals surface area contributed by atoms with Crippen molar-refractivity contribution in [1.29, 1.82) is 0 Å². The van der Waals surface area contributed by atoms with Gasteiger partial charge in [0.25, 0.3) is 0 Å². The molecule has 0 saturated carbocycles. The van der Waals surface area contributed by atoms with E-state index in [2.05, 4.69) is 66.8 Å². The molecule has 1 unspecified atom stereocenters. The van der Waals surface area contributed by atoms with Crippen LogP contribution in [0.25, 0.3) is 22.0 Å². The molecule has 0 amide bonds. The predicted octanol–water partition coefficient (Wildman–Crippen LogP) is 7.48. The van der Waals surface area contributed by atoms with Gasteiger partial charge in [-0.25, -0.2) is 4.98 Å². The maximum Gasteiger partial charge on any atom is 0.236 e. The van der Waals surface area contributed by atoms with E-state index in [1.54, 1.807) is 14.2 Å². The van der Waals surface area contributed by atoms with Crippen LogP contribution in [0, 0.1) is 0 Å². The molecule has 0 spiro atoms. The van der Waals surface area contributed by atoms with Gasteiger partial charge in [0.05, 0.1) is 13.2 Å². The van der Waals surface area contributed by atoms with Gasteiger partial charge in [0.2, 0.25) is 11.8 Å². The van der Waals surface area contributed by atoms with Crippen LogP contribution in [-0.2, 0) is 24.2 Å². The van der Waals surface area contributed by atoms with Crippen LogP contribution >= 0.6 is 20.8 Å². The molecular weight excluding hydrogens is 679 g/mol. The summed E-state index contributed by atoms with van der Waals surface area (Å²) in [6, 6.07) is 19.0. The first-order chi connectivity index (χ1) is 25.0. The van der Waals surface area contributed by atoms with Crippen molar-refractivity contribution in [2.45, 2.75) is 57.4 Å². The van der Waals surface area contributed by atoms with Crippen molar-refractivity contribution in [3.05, 3.63) is 94.3 Å². The molecule has 5 heterocycles. The first-order valence-corrected chi connectivity index (χ1v) is 18.8. The van der Waals surface area contributed by atoms with Crippen molar-refractivity contribution in [3.8, 4) is 22.9 Å². The summed E-state index contributed by atoms with van der Waals surface area (Å²) in [5.41, 5.74) is 8.79. The Morgan fingerprint density at radius 3 is 2.59 bits per heavy atom. The van der Waals surface area contributed by atoms with E-state index in [1.165, 1.54) is 29.5 Å². The number of aromatic nitrogens is 3. The number of ether oxygens (including phenoxy) is 3. The third-order valence-corrected chi connectivity index (χ3v) is 11.4. The summed E-state index contributed by atoms with van der Waals surface area (Å²) in [6.45, 7) is 5.81. The quantitative estimate of drug-likeness (QED) is 0.140. The molecule has 3 aromatic heterocycles. The second-order valence-electron chi connectivity index (χ2n) is 13.8. The molecule has 264 valence electrons. The number of hydrogen-bond donors (Lipinski definition) is 1. The van der Waals surface area contributed by atoms with Crippen molar-refractivity contribution in [1.82, 2.24) is 24.8 Å². The highest BCUT2D eigenvalue weighted by Crippen LogP contribution is 2.42. The predicted molar refractivity (Wildman–Crippen MR) is 207 cm³/mol. The van der Waals surface area contributed by atoms with Crippen LogP contribution in [0.1, 0.15) is 54.0 Å². The number of hydrogen-bond acceptors (Lipinski definition) is 9. The summed E-state index contributed by atoms with van der Waals surface area (Å²) >= 11 is 6.81. The molecule has 9 nitrogen and oxygen atoms in total. The Kier molecular flexibility index (Phi) is 10.1. The van der Waals surface area contributed by atoms with Gasteiger partial charge in [-0.3, -0.25) is 14.8 Å². The number of fused-ring (bicyclic) bond motifs is 2. The van der Waals surface area contributed by atoms with Crippen LogP contribution < -0.4 is 20.1 Å². The monoisotopic (exact) mass is 722 g/mol. The number of anilines is 2. The van der Waals surface area contributed by atoms with Crippen molar-refractivity contribution in [2.24, 2.45) is 0 Å². The first kappa shape index (κ1) is 34.2. The summed E-state index contributed by atoms with van der Waals surface area (Å²) < 4.78 is 17.8. The Morgan fingerprint density at radius 1 is 0.922 bits per heavy atom. The Hall–Kier alpha value is -3.85. The van der Waals surface area contributed by atoms with E-state index in [9.17, 15) is 0 Å². The van der Waals surface area contributed by atoms with Crippen LogP contribution in [-0.4, -0.2) is 71.3 Å². The Morgan fingerprint density at radius 2 is 1.76 bits per heavy atom. The molecule has 8 rings (SSSR count). The van der Waals surface area contributed by atoms with Gasteiger partial charge in [-0.2, -0.15) is 4.98 Å². The maximum absolute atomic E-state index is 6.81. The fraction of sp³-hybridized carbons (Fsp3) is 0.375. The molecular formula is C40H44ClN6O3P. The lowest BCUT2D eigenvalue weighted by Crippen LogP contribution is -2.23. The molecule has 2 aromatic carbocycles. The standard InChI is InChI=1S/C40H44ClN6O3P/c1-48-28-14-18-47(24-28)23-27-20-33(41)40(45-39(27)49-2)50-35-12-11-30-29(7-5-8-31(30)35)32-9-6-10-34(37(32)51)44-38-36-26(13-15-42-38)19-25(21-43-36)22-46-16-3-4-17-46/h5-10,13,15,19-21,28,35H,3-4,11-12,14,16-18,22-24,51H2,1-2H3,(H,42,44)/t28-,35-/m1/s1. The third-order valence-electron chi connectivity index (χ3n) is 10.5. The normalized spacial score (nSPS) is 19.1. The molecule has 0 radical (unpaired) electrons. The Bertz CT molecular complexity index is 2060. The van der Waals surface area contributed by atoms with Gasteiger partial charge in [-0.1, -0.05) is 41.9 Å². The van der Waals surface area contributed by atoms with Gasteiger partial charge in [0.15, 0.2) is 5.82 Å². The highest BCUT2D eigenvalue weighted by molar-refractivity contribution is 7.28. The summed E-state index contributed by atoms with van der Waals surface area (Å²) in [5, 5.41) is 6.25. The molecule has 51 heavy (non-hydrogen) atoms. The van der Waals surface area contributed by atoms with Gasteiger partial charge < -0.3 is 19.5 Å². The SMILES string of the molecule is COc1nc(O[C@@H]2CCc3c(-c4cccc(Nc5nccc6cc(CN7CCCC7)cnc56)c4P)cccc32)c(Cl)cc1CN1CC[C@@H](OC)C1. The van der Waals surface area contributed by atoms with E-state index in [0.717, 1.165) is 96.4 Å². The fourth-order valence-electron chi connectivity index (χ4n) is 7.89. The molecule has 2 fully saturated rings. The van der Waals surface area contributed by atoms with Crippen LogP contribution in [0.4, 0.5) is 11.5 Å². The lowest BCUT2D eigenvalue weighted by atomic mass is 9.96. The Labute approximate surface area is 306 Å². The van der Waals surface area contributed by atoms with E-state index >= 15 is 0 Å². The van der Waals surface area contributed by atoms with Crippen LogP contribution in [0.3, 0.4) is 0 Å². The molecule has 3 atom stereocenters. The zero-order valence-corrected chi connectivity index (χ0v) is 31.1. The summed E-state index contributed by atoms with van der Waals surface area (Å²) in [7, 11) is 6.37. The largest absolute Gasteiger partial charge is 0.481 e. The lowest BCUT2D eigenvalue weighted by Gasteiger charge is -2.20. The van der Waals surface area contributed by atoms with E-state index in [1.807, 2.05) is 24.5 Å². The number of methoxy groups -OCH3 is 2. The molecule has 1 aliphatic carbocycles. The van der Waals surface area contributed by atoms with Gasteiger partial charge in [-0.05, 0) is 97.3 Å². The number of nitrogens with zero attached hydrogens (tertiary/aromatic N) is 5. The van der Waals surface area contributed by atoms with Crippen LogP contribution in [0.15, 0.2) is 67.0 Å². The minimum Gasteiger partial charge on any atom is -0.481 e. The van der Waals surface area contributed by atoms with E-state index in [-0.39, 0.29) is 12.2 Å². The number of benzene rings is 2. The highest BCUT2D eigenvalue weighted by Gasteiger charge is 2.29. The molecule has 5 aromatic rings.